The molecule has 0 bridgehead atoms. The summed E-state index contributed by atoms with van der Waals surface area (Å²) in [5, 5.41) is 11.9. The molecule has 2 aliphatic rings. The Morgan fingerprint density at radius 2 is 2.05 bits per heavy atom. The molecule has 1 aliphatic carbocycles. The summed E-state index contributed by atoms with van der Waals surface area (Å²) in [6.07, 6.45) is 3.37. The topological polar surface area (TPSA) is 90.3 Å². The number of nitrogens with one attached hydrogen (secondary N) is 1. The Hall–Kier alpha value is -1.90. The molecule has 0 radical (unpaired) electrons. The van der Waals surface area contributed by atoms with E-state index in [0.717, 1.165) is 17.7 Å². The van der Waals surface area contributed by atoms with Crippen LogP contribution in [0.5, 0.6) is 0 Å². The molecule has 0 aromatic rings. The maximum Gasteiger partial charge on any atom is 0.251 e. The SMILES string of the molecule is CN1C(=O)CCC(NC(=O)C2(C#N)CCCC2)C1=O. The lowest BCUT2D eigenvalue weighted by Gasteiger charge is -2.30. The molecule has 102 valence electrons. The molecule has 6 nitrogen and oxygen atoms in total. The standard InChI is InChI=1S/C13H17N3O3/c1-16-10(17)5-4-9(11(16)18)15-12(19)13(8-14)6-2-3-7-13/h9H,2-7H2,1H3,(H,15,19). The smallest absolute Gasteiger partial charge is 0.251 e. The molecule has 0 aromatic heterocycles. The zero-order valence-corrected chi connectivity index (χ0v) is 10.9. The number of piperidine rings is 1. The highest BCUT2D eigenvalue weighted by molar-refractivity contribution is 6.02. The van der Waals surface area contributed by atoms with Gasteiger partial charge in [0.25, 0.3) is 5.91 Å². The first-order valence-corrected chi connectivity index (χ1v) is 6.53. The third-order valence-electron chi connectivity index (χ3n) is 4.06. The van der Waals surface area contributed by atoms with Crippen LogP contribution in [0.25, 0.3) is 0 Å². The molecule has 19 heavy (non-hydrogen) atoms. The fraction of sp³-hybridized carbons (Fsp3) is 0.692. The van der Waals surface area contributed by atoms with E-state index in [1.807, 2.05) is 0 Å². The third kappa shape index (κ3) is 2.33. The van der Waals surface area contributed by atoms with Gasteiger partial charge in [-0.2, -0.15) is 5.26 Å². The predicted molar refractivity (Wildman–Crippen MR) is 65.5 cm³/mol. The molecule has 1 saturated heterocycles. The number of hydrogen-bond donors (Lipinski definition) is 1. The van der Waals surface area contributed by atoms with E-state index in [2.05, 4.69) is 11.4 Å². The van der Waals surface area contributed by atoms with Gasteiger partial charge in [-0.1, -0.05) is 12.8 Å². The van der Waals surface area contributed by atoms with Crippen LogP contribution in [0.3, 0.4) is 0 Å². The van der Waals surface area contributed by atoms with Crippen molar-refractivity contribution in [1.29, 1.82) is 5.26 Å². The zero-order valence-electron chi connectivity index (χ0n) is 10.9. The molecule has 1 unspecified atom stereocenters. The van der Waals surface area contributed by atoms with Gasteiger partial charge in [0.1, 0.15) is 11.5 Å². The molecule has 1 heterocycles. The van der Waals surface area contributed by atoms with Crippen LogP contribution in [-0.2, 0) is 14.4 Å². The lowest BCUT2D eigenvalue weighted by molar-refractivity contribution is -0.150. The lowest BCUT2D eigenvalue weighted by Crippen LogP contribution is -2.55. The van der Waals surface area contributed by atoms with Crippen LogP contribution in [0, 0.1) is 16.7 Å². The minimum absolute atomic E-state index is 0.230. The molecule has 1 atom stereocenters. The number of likely N-dealkylation sites (tertiary alicyclic amines) is 1. The molecular weight excluding hydrogens is 246 g/mol. The van der Waals surface area contributed by atoms with Crippen molar-refractivity contribution < 1.29 is 14.4 Å². The summed E-state index contributed by atoms with van der Waals surface area (Å²) in [5.41, 5.74) is -0.986. The molecule has 1 saturated carbocycles. The Kier molecular flexibility index (Phi) is 3.56. The summed E-state index contributed by atoms with van der Waals surface area (Å²) >= 11 is 0. The summed E-state index contributed by atoms with van der Waals surface area (Å²) in [6, 6.07) is 1.42. The number of likely N-dealkylation sites (N-methyl/N-ethyl adjacent to an activating group) is 1. The number of rotatable bonds is 2. The quantitative estimate of drug-likeness (QED) is 0.727. The minimum Gasteiger partial charge on any atom is -0.343 e. The van der Waals surface area contributed by atoms with E-state index < -0.39 is 17.4 Å². The van der Waals surface area contributed by atoms with Crippen molar-refractivity contribution in [3.05, 3.63) is 0 Å². The monoisotopic (exact) mass is 263 g/mol. The largest absolute Gasteiger partial charge is 0.343 e. The van der Waals surface area contributed by atoms with E-state index >= 15 is 0 Å². The summed E-state index contributed by atoms with van der Waals surface area (Å²) in [4.78, 5) is 36.5. The normalized spacial score (nSPS) is 26.1. The molecule has 0 spiro atoms. The van der Waals surface area contributed by atoms with Crippen LogP contribution < -0.4 is 5.32 Å². The van der Waals surface area contributed by atoms with Crippen LogP contribution in [0.2, 0.25) is 0 Å². The van der Waals surface area contributed by atoms with Crippen LogP contribution in [-0.4, -0.2) is 35.7 Å². The maximum atomic E-state index is 12.2. The van der Waals surface area contributed by atoms with E-state index in [0.29, 0.717) is 19.3 Å². The van der Waals surface area contributed by atoms with Gasteiger partial charge in [0.05, 0.1) is 6.07 Å². The van der Waals surface area contributed by atoms with Crippen molar-refractivity contribution >= 4 is 17.7 Å². The van der Waals surface area contributed by atoms with Crippen molar-refractivity contribution in [3.8, 4) is 6.07 Å². The van der Waals surface area contributed by atoms with Crippen molar-refractivity contribution in [1.82, 2.24) is 10.2 Å². The molecule has 6 heteroatoms. The molecule has 1 N–H and O–H groups in total. The Morgan fingerprint density at radius 3 is 2.63 bits per heavy atom. The van der Waals surface area contributed by atoms with Crippen molar-refractivity contribution in [3.63, 3.8) is 0 Å². The Labute approximate surface area is 111 Å². The van der Waals surface area contributed by atoms with E-state index in [9.17, 15) is 19.6 Å². The average molecular weight is 263 g/mol. The second-order valence-electron chi connectivity index (χ2n) is 5.26. The first-order valence-electron chi connectivity index (χ1n) is 6.53. The van der Waals surface area contributed by atoms with Gasteiger partial charge >= 0.3 is 0 Å². The Morgan fingerprint density at radius 1 is 1.42 bits per heavy atom. The first kappa shape index (κ1) is 13.5. The van der Waals surface area contributed by atoms with Crippen molar-refractivity contribution in [2.24, 2.45) is 5.41 Å². The number of amides is 3. The van der Waals surface area contributed by atoms with Gasteiger partial charge in [-0.3, -0.25) is 19.3 Å². The van der Waals surface area contributed by atoms with E-state index in [-0.39, 0.29) is 18.2 Å². The molecule has 2 rings (SSSR count). The van der Waals surface area contributed by atoms with Crippen LogP contribution >= 0.6 is 0 Å². The maximum absolute atomic E-state index is 12.2. The summed E-state index contributed by atoms with van der Waals surface area (Å²) < 4.78 is 0. The molecule has 0 aromatic carbocycles. The van der Waals surface area contributed by atoms with Gasteiger partial charge in [0.2, 0.25) is 11.8 Å². The van der Waals surface area contributed by atoms with Gasteiger partial charge < -0.3 is 5.32 Å². The number of nitriles is 1. The molecule has 1 aliphatic heterocycles. The summed E-state index contributed by atoms with van der Waals surface area (Å²) in [7, 11) is 1.42. The second-order valence-corrected chi connectivity index (χ2v) is 5.26. The van der Waals surface area contributed by atoms with E-state index in [1.54, 1.807) is 0 Å². The highest BCUT2D eigenvalue weighted by atomic mass is 16.2. The number of imide groups is 1. The van der Waals surface area contributed by atoms with Gasteiger partial charge in [-0.25, -0.2) is 0 Å². The van der Waals surface area contributed by atoms with Crippen molar-refractivity contribution in [2.45, 2.75) is 44.6 Å². The predicted octanol–water partition coefficient (Wildman–Crippen LogP) is 0.334. The van der Waals surface area contributed by atoms with Crippen LogP contribution in [0.4, 0.5) is 0 Å². The van der Waals surface area contributed by atoms with Gasteiger partial charge in [0, 0.05) is 13.5 Å². The fourth-order valence-electron chi connectivity index (χ4n) is 2.71. The van der Waals surface area contributed by atoms with E-state index in [4.69, 9.17) is 0 Å². The molecule has 2 fully saturated rings. The first-order chi connectivity index (χ1) is 9.00. The molecular formula is C13H17N3O3. The number of nitrogens with zero attached hydrogens (tertiary/aromatic N) is 2. The number of carbonyl (C=O) groups is 3. The number of hydrogen-bond acceptors (Lipinski definition) is 4. The highest BCUT2D eigenvalue weighted by Gasteiger charge is 2.44. The lowest BCUT2D eigenvalue weighted by atomic mass is 9.86. The van der Waals surface area contributed by atoms with E-state index in [1.165, 1.54) is 7.05 Å². The Balaban J connectivity index is 2.05. The second kappa shape index (κ2) is 5.00. The van der Waals surface area contributed by atoms with Crippen LogP contribution in [0.1, 0.15) is 38.5 Å². The van der Waals surface area contributed by atoms with Gasteiger partial charge in [-0.05, 0) is 19.3 Å². The van der Waals surface area contributed by atoms with Crippen molar-refractivity contribution in [2.75, 3.05) is 7.05 Å². The molecule has 3 amide bonds. The highest BCUT2D eigenvalue weighted by Crippen LogP contribution is 2.37. The summed E-state index contributed by atoms with van der Waals surface area (Å²) in [6.45, 7) is 0. The van der Waals surface area contributed by atoms with Gasteiger partial charge in [0.15, 0.2) is 0 Å². The third-order valence-corrected chi connectivity index (χ3v) is 4.06. The summed E-state index contributed by atoms with van der Waals surface area (Å²) in [5.74, 6) is -0.990. The van der Waals surface area contributed by atoms with Crippen LogP contribution in [0.15, 0.2) is 0 Å². The average Bonchev–Trinajstić information content (AvgIpc) is 2.89. The minimum atomic E-state index is -0.986. The zero-order chi connectivity index (χ0) is 14.0. The van der Waals surface area contributed by atoms with Gasteiger partial charge in [-0.15, -0.1) is 0 Å². The number of carbonyl (C=O) groups excluding carboxylic acids is 3. The Bertz CT molecular complexity index is 460. The fourth-order valence-corrected chi connectivity index (χ4v) is 2.71.